The van der Waals surface area contributed by atoms with Gasteiger partial charge in [0.1, 0.15) is 0 Å². The second-order valence-electron chi connectivity index (χ2n) is 4.92. The smallest absolute Gasteiger partial charge is 0.157 e. The summed E-state index contributed by atoms with van der Waals surface area (Å²) in [7, 11) is 0. The maximum atomic E-state index is 4.64. The average molecular weight is 248 g/mol. The van der Waals surface area contributed by atoms with Crippen LogP contribution in [0.5, 0.6) is 0 Å². The summed E-state index contributed by atoms with van der Waals surface area (Å²) in [5.41, 5.74) is 2.59. The number of hydrogen-bond acceptors (Lipinski definition) is 2. The maximum absolute atomic E-state index is 4.64. The van der Waals surface area contributed by atoms with E-state index < -0.39 is 0 Å². The molecule has 1 fully saturated rings. The second-order valence-corrected chi connectivity index (χ2v) is 5.92. The highest BCUT2D eigenvalue weighted by Crippen LogP contribution is 2.19. The average Bonchev–Trinajstić information content (AvgIpc) is 2.75. The van der Waals surface area contributed by atoms with Crippen LogP contribution in [0.1, 0.15) is 25.0 Å². The topological polar surface area (TPSA) is 24.4 Å². The fourth-order valence-electron chi connectivity index (χ4n) is 1.83. The molecule has 1 N–H and O–H groups in total. The first-order valence-corrected chi connectivity index (χ1v) is 7.13. The summed E-state index contributed by atoms with van der Waals surface area (Å²) < 4.78 is 0. The Balaban J connectivity index is 1.94. The first-order valence-electron chi connectivity index (χ1n) is 6.14. The standard InChI is InChI=1S/C14H20N2S/c1-10(2)13-9-17-14(16-13)15-8-12-6-4-5-11(3)7-12/h4-7,10,13H,8-9H2,1-3H3,(H,15,16). The Bertz CT molecular complexity index is 412. The van der Waals surface area contributed by atoms with E-state index in [2.05, 4.69) is 55.3 Å². The zero-order chi connectivity index (χ0) is 12.3. The van der Waals surface area contributed by atoms with Crippen LogP contribution in [0.4, 0.5) is 0 Å². The second kappa shape index (κ2) is 5.58. The highest BCUT2D eigenvalue weighted by Gasteiger charge is 2.22. The molecule has 1 aliphatic heterocycles. The molecule has 0 amide bonds. The molecule has 1 unspecified atom stereocenters. The van der Waals surface area contributed by atoms with Crippen molar-refractivity contribution in [2.45, 2.75) is 33.4 Å². The van der Waals surface area contributed by atoms with Gasteiger partial charge in [-0.3, -0.25) is 4.99 Å². The number of nitrogens with zero attached hydrogens (tertiary/aromatic N) is 1. The van der Waals surface area contributed by atoms with E-state index in [1.807, 2.05) is 11.8 Å². The molecule has 1 aliphatic rings. The quantitative estimate of drug-likeness (QED) is 0.888. The lowest BCUT2D eigenvalue weighted by atomic mass is 10.1. The summed E-state index contributed by atoms with van der Waals surface area (Å²) in [5.74, 6) is 1.82. The Kier molecular flexibility index (Phi) is 4.11. The minimum atomic E-state index is 0.580. The van der Waals surface area contributed by atoms with Crippen LogP contribution in [0, 0.1) is 12.8 Å². The lowest BCUT2D eigenvalue weighted by Crippen LogP contribution is -2.31. The largest absolute Gasteiger partial charge is 0.361 e. The Labute approximate surface area is 108 Å². The van der Waals surface area contributed by atoms with Crippen LogP contribution in [0.15, 0.2) is 29.3 Å². The van der Waals surface area contributed by atoms with Crippen molar-refractivity contribution >= 4 is 16.9 Å². The van der Waals surface area contributed by atoms with Crippen molar-refractivity contribution in [3.05, 3.63) is 35.4 Å². The van der Waals surface area contributed by atoms with Crippen molar-refractivity contribution in [1.29, 1.82) is 0 Å². The minimum Gasteiger partial charge on any atom is -0.361 e. The molecule has 92 valence electrons. The third-order valence-corrected chi connectivity index (χ3v) is 4.05. The molecular weight excluding hydrogens is 228 g/mol. The third-order valence-electron chi connectivity index (χ3n) is 3.00. The van der Waals surface area contributed by atoms with Crippen molar-refractivity contribution in [3.8, 4) is 0 Å². The van der Waals surface area contributed by atoms with Crippen molar-refractivity contribution < 1.29 is 0 Å². The van der Waals surface area contributed by atoms with Crippen molar-refractivity contribution in [2.24, 2.45) is 10.9 Å². The molecule has 3 heteroatoms. The summed E-state index contributed by atoms with van der Waals surface area (Å²) >= 11 is 1.84. The molecule has 0 saturated carbocycles. The zero-order valence-corrected chi connectivity index (χ0v) is 11.6. The van der Waals surface area contributed by atoms with E-state index >= 15 is 0 Å². The van der Waals surface area contributed by atoms with Gasteiger partial charge in [-0.25, -0.2) is 0 Å². The number of nitrogens with one attached hydrogen (secondary N) is 1. The normalized spacial score (nSPS) is 22.1. The molecule has 1 aromatic carbocycles. The fraction of sp³-hybridized carbons (Fsp3) is 0.500. The van der Waals surface area contributed by atoms with Gasteiger partial charge in [-0.2, -0.15) is 0 Å². The molecule has 0 radical (unpaired) electrons. The van der Waals surface area contributed by atoms with Gasteiger partial charge in [0, 0.05) is 11.8 Å². The maximum Gasteiger partial charge on any atom is 0.157 e. The monoisotopic (exact) mass is 248 g/mol. The Morgan fingerprint density at radius 3 is 2.94 bits per heavy atom. The first-order chi connectivity index (χ1) is 8.15. The molecular formula is C14H20N2S. The minimum absolute atomic E-state index is 0.580. The van der Waals surface area contributed by atoms with E-state index in [9.17, 15) is 0 Å². The predicted molar refractivity (Wildman–Crippen MR) is 76.5 cm³/mol. The Hall–Kier alpha value is -0.960. The lowest BCUT2D eigenvalue weighted by Gasteiger charge is -2.13. The number of benzene rings is 1. The van der Waals surface area contributed by atoms with Gasteiger partial charge in [-0.15, -0.1) is 0 Å². The van der Waals surface area contributed by atoms with Crippen molar-refractivity contribution in [3.63, 3.8) is 0 Å². The molecule has 17 heavy (non-hydrogen) atoms. The molecule has 1 atom stereocenters. The SMILES string of the molecule is Cc1cccc(CN=C2NC(C(C)C)CS2)c1. The molecule has 0 aromatic heterocycles. The van der Waals surface area contributed by atoms with E-state index in [1.165, 1.54) is 11.1 Å². The molecule has 0 bridgehead atoms. The number of aryl methyl sites for hydroxylation is 1. The van der Waals surface area contributed by atoms with Crippen LogP contribution < -0.4 is 5.32 Å². The first kappa shape index (κ1) is 12.5. The van der Waals surface area contributed by atoms with E-state index in [4.69, 9.17) is 0 Å². The summed E-state index contributed by atoms with van der Waals surface area (Å²) in [6, 6.07) is 9.13. The lowest BCUT2D eigenvalue weighted by molar-refractivity contribution is 0.503. The van der Waals surface area contributed by atoms with Gasteiger partial charge in [0.2, 0.25) is 0 Å². The predicted octanol–water partition coefficient (Wildman–Crippen LogP) is 3.21. The number of hydrogen-bond donors (Lipinski definition) is 1. The van der Waals surface area contributed by atoms with Crippen LogP contribution in [0.3, 0.4) is 0 Å². The fourth-order valence-corrected chi connectivity index (χ4v) is 3.03. The van der Waals surface area contributed by atoms with Crippen LogP contribution in [-0.4, -0.2) is 17.0 Å². The molecule has 0 spiro atoms. The number of thioether (sulfide) groups is 1. The van der Waals surface area contributed by atoms with E-state index in [0.29, 0.717) is 12.0 Å². The Morgan fingerprint density at radius 1 is 1.47 bits per heavy atom. The van der Waals surface area contributed by atoms with Gasteiger partial charge >= 0.3 is 0 Å². The van der Waals surface area contributed by atoms with Crippen LogP contribution >= 0.6 is 11.8 Å². The van der Waals surface area contributed by atoms with E-state index in [0.717, 1.165) is 17.5 Å². The van der Waals surface area contributed by atoms with E-state index in [-0.39, 0.29) is 0 Å². The van der Waals surface area contributed by atoms with Gasteiger partial charge in [-0.1, -0.05) is 55.4 Å². The van der Waals surface area contributed by atoms with Gasteiger partial charge in [0.05, 0.1) is 6.54 Å². The number of amidine groups is 1. The van der Waals surface area contributed by atoms with Crippen molar-refractivity contribution in [2.75, 3.05) is 5.75 Å². The van der Waals surface area contributed by atoms with Gasteiger partial charge < -0.3 is 5.32 Å². The molecule has 1 heterocycles. The van der Waals surface area contributed by atoms with Gasteiger partial charge in [0.25, 0.3) is 0 Å². The molecule has 1 aromatic rings. The summed E-state index contributed by atoms with van der Waals surface area (Å²) in [6.07, 6.45) is 0. The van der Waals surface area contributed by atoms with Crippen LogP contribution in [0.25, 0.3) is 0 Å². The summed E-state index contributed by atoms with van der Waals surface area (Å²) in [4.78, 5) is 4.64. The number of rotatable bonds is 3. The number of aliphatic imine (C=N–C) groups is 1. The highest BCUT2D eigenvalue weighted by molar-refractivity contribution is 8.14. The molecule has 2 nitrogen and oxygen atoms in total. The third kappa shape index (κ3) is 3.50. The summed E-state index contributed by atoms with van der Waals surface area (Å²) in [6.45, 7) is 7.40. The van der Waals surface area contributed by atoms with Gasteiger partial charge in [0.15, 0.2) is 5.17 Å². The molecule has 2 rings (SSSR count). The van der Waals surface area contributed by atoms with Crippen molar-refractivity contribution in [1.82, 2.24) is 5.32 Å². The summed E-state index contributed by atoms with van der Waals surface area (Å²) in [5, 5.41) is 4.59. The highest BCUT2D eigenvalue weighted by atomic mass is 32.2. The zero-order valence-electron chi connectivity index (χ0n) is 10.7. The molecule has 0 aliphatic carbocycles. The van der Waals surface area contributed by atoms with E-state index in [1.54, 1.807) is 0 Å². The molecule has 1 saturated heterocycles. The van der Waals surface area contributed by atoms with Crippen LogP contribution in [0.2, 0.25) is 0 Å². The van der Waals surface area contributed by atoms with Crippen LogP contribution in [-0.2, 0) is 6.54 Å². The van der Waals surface area contributed by atoms with Gasteiger partial charge in [-0.05, 0) is 18.4 Å². The Morgan fingerprint density at radius 2 is 2.29 bits per heavy atom.